The molecule has 0 spiro atoms. The molecule has 3 N–H and O–H groups in total. The van der Waals surface area contributed by atoms with Gasteiger partial charge in [0.05, 0.1) is 22.2 Å². The summed E-state index contributed by atoms with van der Waals surface area (Å²) in [5.74, 6) is 0.855. The quantitative estimate of drug-likeness (QED) is 0.891. The maximum Gasteiger partial charge on any atom is 0.147 e. The summed E-state index contributed by atoms with van der Waals surface area (Å²) in [4.78, 5) is 4.15. The number of hydrogen-bond donors (Lipinski definition) is 2. The molecule has 1 aliphatic carbocycles. The van der Waals surface area contributed by atoms with Crippen LogP contribution in [-0.4, -0.2) is 24.2 Å². The zero-order valence-electron chi connectivity index (χ0n) is 9.54. The number of nitrogens with two attached hydrogens (primary N) is 1. The fraction of sp³-hybridized carbons (Fsp3) is 0.545. The summed E-state index contributed by atoms with van der Waals surface area (Å²) < 4.78 is 5.40. The van der Waals surface area contributed by atoms with Crippen LogP contribution in [0.3, 0.4) is 0 Å². The second-order valence-electron chi connectivity index (χ2n) is 4.14. The summed E-state index contributed by atoms with van der Waals surface area (Å²) in [5.41, 5.74) is 5.66. The SMILES string of the molecule is COC1CCCC1Nc1nc(N)c(Cl)cc1Cl. The Morgan fingerprint density at radius 1 is 1.41 bits per heavy atom. The van der Waals surface area contributed by atoms with Gasteiger partial charge in [0.25, 0.3) is 0 Å². The van der Waals surface area contributed by atoms with Gasteiger partial charge in [-0.05, 0) is 25.3 Å². The van der Waals surface area contributed by atoms with Crippen molar-refractivity contribution >= 4 is 34.8 Å². The lowest BCUT2D eigenvalue weighted by molar-refractivity contribution is 0.101. The van der Waals surface area contributed by atoms with Crippen LogP contribution in [0, 0.1) is 0 Å². The second-order valence-corrected chi connectivity index (χ2v) is 4.96. The minimum Gasteiger partial charge on any atom is -0.382 e. The van der Waals surface area contributed by atoms with Crippen molar-refractivity contribution in [3.8, 4) is 0 Å². The maximum absolute atomic E-state index is 6.07. The third kappa shape index (κ3) is 2.76. The highest BCUT2D eigenvalue weighted by Crippen LogP contribution is 2.31. The number of hydrogen-bond acceptors (Lipinski definition) is 4. The summed E-state index contributed by atoms with van der Waals surface area (Å²) in [6, 6.07) is 1.83. The molecule has 2 atom stereocenters. The van der Waals surface area contributed by atoms with Crippen LogP contribution < -0.4 is 11.1 Å². The van der Waals surface area contributed by atoms with Crippen LogP contribution in [0.1, 0.15) is 19.3 Å². The molecule has 2 rings (SSSR count). The molecular formula is C11H15Cl2N3O. The number of aromatic nitrogens is 1. The third-order valence-corrected chi connectivity index (χ3v) is 3.62. The lowest BCUT2D eigenvalue weighted by Crippen LogP contribution is -2.30. The molecule has 1 saturated carbocycles. The number of nitrogens with one attached hydrogen (secondary N) is 1. The van der Waals surface area contributed by atoms with Crippen LogP contribution in [0.2, 0.25) is 10.0 Å². The van der Waals surface area contributed by atoms with Crippen LogP contribution in [0.15, 0.2) is 6.07 Å². The molecule has 0 saturated heterocycles. The van der Waals surface area contributed by atoms with Gasteiger partial charge in [-0.2, -0.15) is 0 Å². The van der Waals surface area contributed by atoms with Crippen molar-refractivity contribution in [1.82, 2.24) is 4.98 Å². The van der Waals surface area contributed by atoms with E-state index in [1.807, 2.05) is 0 Å². The summed E-state index contributed by atoms with van der Waals surface area (Å²) in [6.45, 7) is 0. The highest BCUT2D eigenvalue weighted by Gasteiger charge is 2.27. The average molecular weight is 276 g/mol. The zero-order valence-corrected chi connectivity index (χ0v) is 11.1. The molecule has 1 aromatic rings. The molecule has 1 aliphatic rings. The molecule has 0 aliphatic heterocycles. The Bertz CT molecular complexity index is 414. The van der Waals surface area contributed by atoms with E-state index in [1.165, 1.54) is 0 Å². The van der Waals surface area contributed by atoms with Gasteiger partial charge in [-0.25, -0.2) is 4.98 Å². The second kappa shape index (κ2) is 5.29. The van der Waals surface area contributed by atoms with Crippen molar-refractivity contribution in [3.63, 3.8) is 0 Å². The van der Waals surface area contributed by atoms with E-state index in [2.05, 4.69) is 10.3 Å². The van der Waals surface area contributed by atoms with Gasteiger partial charge in [-0.3, -0.25) is 0 Å². The molecule has 0 radical (unpaired) electrons. The van der Waals surface area contributed by atoms with Crippen LogP contribution >= 0.6 is 23.2 Å². The normalized spacial score (nSPS) is 23.9. The number of ether oxygens (including phenoxy) is 1. The van der Waals surface area contributed by atoms with E-state index in [9.17, 15) is 0 Å². The van der Waals surface area contributed by atoms with E-state index in [0.717, 1.165) is 19.3 Å². The molecule has 1 aromatic heterocycles. The van der Waals surface area contributed by atoms with E-state index >= 15 is 0 Å². The van der Waals surface area contributed by atoms with E-state index in [1.54, 1.807) is 13.2 Å². The van der Waals surface area contributed by atoms with Crippen molar-refractivity contribution in [1.29, 1.82) is 0 Å². The minimum atomic E-state index is 0.199. The Balaban J connectivity index is 2.15. The Hall–Kier alpha value is -0.710. The van der Waals surface area contributed by atoms with E-state index in [-0.39, 0.29) is 18.0 Å². The first-order valence-electron chi connectivity index (χ1n) is 5.52. The van der Waals surface area contributed by atoms with Gasteiger partial charge in [-0.15, -0.1) is 0 Å². The average Bonchev–Trinajstić information content (AvgIpc) is 2.73. The lowest BCUT2D eigenvalue weighted by atomic mass is 10.2. The van der Waals surface area contributed by atoms with Crippen LogP contribution in [0.4, 0.5) is 11.6 Å². The fourth-order valence-electron chi connectivity index (χ4n) is 2.13. The van der Waals surface area contributed by atoms with Crippen LogP contribution in [-0.2, 0) is 4.74 Å². The number of rotatable bonds is 3. The highest BCUT2D eigenvalue weighted by molar-refractivity contribution is 6.37. The van der Waals surface area contributed by atoms with Crippen LogP contribution in [0.5, 0.6) is 0 Å². The van der Waals surface area contributed by atoms with Gasteiger partial charge in [0.2, 0.25) is 0 Å². The summed E-state index contributed by atoms with van der Waals surface area (Å²) in [5, 5.41) is 4.12. The van der Waals surface area contributed by atoms with Gasteiger partial charge < -0.3 is 15.8 Å². The molecule has 1 fully saturated rings. The number of nitrogens with zero attached hydrogens (tertiary/aromatic N) is 1. The number of methoxy groups -OCH3 is 1. The Morgan fingerprint density at radius 2 is 2.18 bits per heavy atom. The Labute approximate surface area is 110 Å². The summed E-state index contributed by atoms with van der Waals surface area (Å²) in [6.07, 6.45) is 3.43. The van der Waals surface area contributed by atoms with Crippen LogP contribution in [0.25, 0.3) is 0 Å². The molecule has 6 heteroatoms. The number of pyridine rings is 1. The van der Waals surface area contributed by atoms with Crippen molar-refractivity contribution < 1.29 is 4.74 Å². The molecule has 94 valence electrons. The first-order valence-corrected chi connectivity index (χ1v) is 6.28. The smallest absolute Gasteiger partial charge is 0.147 e. The molecule has 2 unspecified atom stereocenters. The van der Waals surface area contributed by atoms with E-state index in [0.29, 0.717) is 15.9 Å². The number of anilines is 2. The molecule has 17 heavy (non-hydrogen) atoms. The van der Waals surface area contributed by atoms with Crippen molar-refractivity contribution in [2.45, 2.75) is 31.4 Å². The molecule has 0 aromatic carbocycles. The predicted octanol–water partition coefficient (Wildman–Crippen LogP) is 2.95. The van der Waals surface area contributed by atoms with Gasteiger partial charge in [0, 0.05) is 7.11 Å². The molecule has 0 bridgehead atoms. The topological polar surface area (TPSA) is 60.2 Å². The van der Waals surface area contributed by atoms with Gasteiger partial charge in [0.15, 0.2) is 0 Å². The van der Waals surface area contributed by atoms with E-state index in [4.69, 9.17) is 33.7 Å². The van der Waals surface area contributed by atoms with Gasteiger partial charge in [-0.1, -0.05) is 23.2 Å². The molecular weight excluding hydrogens is 261 g/mol. The molecule has 4 nitrogen and oxygen atoms in total. The number of nitrogen functional groups attached to an aromatic ring is 1. The maximum atomic E-state index is 6.07. The first kappa shape index (κ1) is 12.7. The lowest BCUT2D eigenvalue weighted by Gasteiger charge is -2.21. The standard InChI is InChI=1S/C11H15Cl2N3O/c1-17-9-4-2-3-8(9)15-11-7(13)5-6(12)10(14)16-11/h5,8-9H,2-4H2,1H3,(H3,14,15,16). The predicted molar refractivity (Wildman–Crippen MR) is 70.7 cm³/mol. The third-order valence-electron chi connectivity index (χ3n) is 3.03. The minimum absolute atomic E-state index is 0.199. The van der Waals surface area contributed by atoms with Gasteiger partial charge in [0.1, 0.15) is 11.6 Å². The highest BCUT2D eigenvalue weighted by atomic mass is 35.5. The Kier molecular flexibility index (Phi) is 3.97. The van der Waals surface area contributed by atoms with Gasteiger partial charge >= 0.3 is 0 Å². The Morgan fingerprint density at radius 3 is 2.88 bits per heavy atom. The molecule has 0 amide bonds. The largest absolute Gasteiger partial charge is 0.382 e. The summed E-state index contributed by atoms with van der Waals surface area (Å²) >= 11 is 11.9. The van der Waals surface area contributed by atoms with E-state index < -0.39 is 0 Å². The summed E-state index contributed by atoms with van der Waals surface area (Å²) in [7, 11) is 1.72. The van der Waals surface area contributed by atoms with Crippen molar-refractivity contribution in [2.24, 2.45) is 0 Å². The van der Waals surface area contributed by atoms with Crippen molar-refractivity contribution in [3.05, 3.63) is 16.1 Å². The number of halogens is 2. The monoisotopic (exact) mass is 275 g/mol. The fourth-order valence-corrected chi connectivity index (χ4v) is 2.54. The first-order chi connectivity index (χ1) is 8.11. The molecule has 1 heterocycles. The van der Waals surface area contributed by atoms with Crippen molar-refractivity contribution in [2.75, 3.05) is 18.2 Å². The zero-order chi connectivity index (χ0) is 12.4.